The van der Waals surface area contributed by atoms with Crippen molar-refractivity contribution >= 4 is 21.7 Å². The lowest BCUT2D eigenvalue weighted by atomic mass is 9.95. The number of unbranched alkanes of at least 4 members (excludes halogenated alkanes) is 1. The van der Waals surface area contributed by atoms with Crippen molar-refractivity contribution in [3.8, 4) is 0 Å². The standard InChI is InChI=1S/C17H26N2O4S/c1-2-3-11-18-24(22,23)16-12-13(17(20)21)9-10-15(16)19-14-7-5-4-6-8-14/h9-10,12,14,18-19H,2-8,11H2,1H3,(H,20,21). The van der Waals surface area contributed by atoms with Gasteiger partial charge < -0.3 is 10.4 Å². The molecule has 24 heavy (non-hydrogen) atoms. The molecule has 0 unspecified atom stereocenters. The number of benzene rings is 1. The van der Waals surface area contributed by atoms with Gasteiger partial charge in [-0.15, -0.1) is 0 Å². The Hall–Kier alpha value is -1.60. The van der Waals surface area contributed by atoms with Crippen LogP contribution in [0.2, 0.25) is 0 Å². The van der Waals surface area contributed by atoms with E-state index in [-0.39, 0.29) is 16.5 Å². The summed E-state index contributed by atoms with van der Waals surface area (Å²) < 4.78 is 27.8. The molecule has 2 rings (SSSR count). The molecular weight excluding hydrogens is 328 g/mol. The number of rotatable bonds is 8. The summed E-state index contributed by atoms with van der Waals surface area (Å²) in [5.41, 5.74) is 0.455. The molecular formula is C17H26N2O4S. The van der Waals surface area contributed by atoms with Crippen LogP contribution in [-0.2, 0) is 10.0 Å². The van der Waals surface area contributed by atoms with Gasteiger partial charge in [-0.05, 0) is 37.5 Å². The van der Waals surface area contributed by atoms with Crippen molar-refractivity contribution in [3.05, 3.63) is 23.8 Å². The number of aromatic carboxylic acids is 1. The average molecular weight is 354 g/mol. The molecule has 1 aliphatic rings. The van der Waals surface area contributed by atoms with Gasteiger partial charge in [-0.3, -0.25) is 0 Å². The molecule has 0 amide bonds. The van der Waals surface area contributed by atoms with Gasteiger partial charge in [-0.1, -0.05) is 32.6 Å². The first-order chi connectivity index (χ1) is 11.4. The monoisotopic (exact) mass is 354 g/mol. The van der Waals surface area contributed by atoms with E-state index in [1.807, 2.05) is 6.92 Å². The van der Waals surface area contributed by atoms with Gasteiger partial charge >= 0.3 is 5.97 Å². The number of carbonyl (C=O) groups is 1. The predicted molar refractivity (Wildman–Crippen MR) is 94.0 cm³/mol. The van der Waals surface area contributed by atoms with Crippen molar-refractivity contribution in [1.29, 1.82) is 0 Å². The quantitative estimate of drug-likeness (QED) is 0.623. The van der Waals surface area contributed by atoms with Crippen molar-refractivity contribution in [3.63, 3.8) is 0 Å². The van der Waals surface area contributed by atoms with E-state index >= 15 is 0 Å². The molecule has 0 bridgehead atoms. The van der Waals surface area contributed by atoms with Crippen molar-refractivity contribution < 1.29 is 18.3 Å². The minimum atomic E-state index is -3.75. The highest BCUT2D eigenvalue weighted by Crippen LogP contribution is 2.27. The summed E-state index contributed by atoms with van der Waals surface area (Å²) >= 11 is 0. The van der Waals surface area contributed by atoms with Crippen LogP contribution in [0.4, 0.5) is 5.69 Å². The van der Waals surface area contributed by atoms with Crippen molar-refractivity contribution in [2.24, 2.45) is 0 Å². The second-order valence-electron chi connectivity index (χ2n) is 6.25. The molecule has 0 radical (unpaired) electrons. The third-order valence-corrected chi connectivity index (χ3v) is 5.81. The van der Waals surface area contributed by atoms with E-state index in [0.29, 0.717) is 12.2 Å². The lowest BCUT2D eigenvalue weighted by molar-refractivity contribution is 0.0696. The Bertz CT molecular complexity index is 667. The highest BCUT2D eigenvalue weighted by atomic mass is 32.2. The molecule has 1 aliphatic carbocycles. The van der Waals surface area contributed by atoms with Gasteiger partial charge in [-0.25, -0.2) is 17.9 Å². The topological polar surface area (TPSA) is 95.5 Å². The number of hydrogen-bond donors (Lipinski definition) is 3. The molecule has 0 spiro atoms. The molecule has 134 valence electrons. The van der Waals surface area contributed by atoms with E-state index in [4.69, 9.17) is 5.11 Å². The van der Waals surface area contributed by atoms with E-state index in [9.17, 15) is 13.2 Å². The number of sulfonamides is 1. The van der Waals surface area contributed by atoms with Gasteiger partial charge in [-0.2, -0.15) is 0 Å². The number of hydrogen-bond acceptors (Lipinski definition) is 4. The Morgan fingerprint density at radius 3 is 2.58 bits per heavy atom. The van der Waals surface area contributed by atoms with Gasteiger partial charge in [0.05, 0.1) is 11.3 Å². The Kier molecular flexibility index (Phi) is 6.62. The van der Waals surface area contributed by atoms with Crippen LogP contribution in [0, 0.1) is 0 Å². The largest absolute Gasteiger partial charge is 0.478 e. The SMILES string of the molecule is CCCCNS(=O)(=O)c1cc(C(=O)O)ccc1NC1CCCCC1. The Labute approximate surface area is 143 Å². The van der Waals surface area contributed by atoms with E-state index in [0.717, 1.165) is 38.5 Å². The van der Waals surface area contributed by atoms with Crippen molar-refractivity contribution in [2.75, 3.05) is 11.9 Å². The van der Waals surface area contributed by atoms with Crippen LogP contribution < -0.4 is 10.0 Å². The van der Waals surface area contributed by atoms with Crippen LogP contribution in [0.25, 0.3) is 0 Å². The summed E-state index contributed by atoms with van der Waals surface area (Å²) in [6, 6.07) is 4.48. The number of carboxylic acids is 1. The van der Waals surface area contributed by atoms with Crippen LogP contribution in [-0.4, -0.2) is 32.1 Å². The van der Waals surface area contributed by atoms with Crippen LogP contribution in [0.5, 0.6) is 0 Å². The third kappa shape index (κ3) is 4.95. The van der Waals surface area contributed by atoms with Crippen LogP contribution in [0.3, 0.4) is 0 Å². The Morgan fingerprint density at radius 1 is 1.25 bits per heavy atom. The molecule has 0 heterocycles. The summed E-state index contributed by atoms with van der Waals surface area (Å²) in [6.07, 6.45) is 7.09. The Morgan fingerprint density at radius 2 is 1.96 bits per heavy atom. The molecule has 7 heteroatoms. The average Bonchev–Trinajstić information content (AvgIpc) is 2.56. The van der Waals surface area contributed by atoms with E-state index in [1.54, 1.807) is 6.07 Å². The smallest absolute Gasteiger partial charge is 0.335 e. The lowest BCUT2D eigenvalue weighted by Crippen LogP contribution is -2.28. The highest BCUT2D eigenvalue weighted by Gasteiger charge is 2.22. The zero-order valence-electron chi connectivity index (χ0n) is 14.0. The maximum atomic E-state index is 12.6. The number of carboxylic acid groups (broad SMARTS) is 1. The zero-order valence-corrected chi connectivity index (χ0v) is 14.9. The lowest BCUT2D eigenvalue weighted by Gasteiger charge is -2.25. The maximum Gasteiger partial charge on any atom is 0.335 e. The predicted octanol–water partition coefficient (Wildman–Crippen LogP) is 3.21. The molecule has 6 nitrogen and oxygen atoms in total. The molecule has 1 aromatic rings. The maximum absolute atomic E-state index is 12.6. The number of nitrogens with one attached hydrogen (secondary N) is 2. The fourth-order valence-corrected chi connectivity index (χ4v) is 4.19. The van der Waals surface area contributed by atoms with Crippen molar-refractivity contribution in [1.82, 2.24) is 4.72 Å². The summed E-state index contributed by atoms with van der Waals surface area (Å²) in [5, 5.41) is 12.5. The van der Waals surface area contributed by atoms with Crippen LogP contribution in [0.15, 0.2) is 23.1 Å². The molecule has 0 saturated heterocycles. The molecule has 1 saturated carbocycles. The second-order valence-corrected chi connectivity index (χ2v) is 7.98. The summed E-state index contributed by atoms with van der Waals surface area (Å²) in [6.45, 7) is 2.33. The summed E-state index contributed by atoms with van der Waals surface area (Å²) in [7, 11) is -3.75. The second kappa shape index (κ2) is 8.48. The normalized spacial score (nSPS) is 16.0. The van der Waals surface area contributed by atoms with Gasteiger partial charge in [0, 0.05) is 12.6 Å². The third-order valence-electron chi connectivity index (χ3n) is 4.31. The summed E-state index contributed by atoms with van der Waals surface area (Å²) in [4.78, 5) is 11.2. The highest BCUT2D eigenvalue weighted by molar-refractivity contribution is 7.89. The molecule has 1 fully saturated rings. The van der Waals surface area contributed by atoms with Gasteiger partial charge in [0.1, 0.15) is 4.90 Å². The van der Waals surface area contributed by atoms with E-state index < -0.39 is 16.0 Å². The van der Waals surface area contributed by atoms with Crippen LogP contribution >= 0.6 is 0 Å². The van der Waals surface area contributed by atoms with E-state index in [2.05, 4.69) is 10.0 Å². The first kappa shape index (κ1) is 18.7. The van der Waals surface area contributed by atoms with E-state index in [1.165, 1.54) is 18.6 Å². The van der Waals surface area contributed by atoms with Crippen LogP contribution in [0.1, 0.15) is 62.2 Å². The molecule has 0 aromatic heterocycles. The van der Waals surface area contributed by atoms with Gasteiger partial charge in [0.15, 0.2) is 0 Å². The minimum Gasteiger partial charge on any atom is -0.478 e. The Balaban J connectivity index is 2.29. The molecule has 0 aliphatic heterocycles. The van der Waals surface area contributed by atoms with Gasteiger partial charge in [0.25, 0.3) is 0 Å². The zero-order chi connectivity index (χ0) is 17.6. The fraction of sp³-hybridized carbons (Fsp3) is 0.588. The van der Waals surface area contributed by atoms with Crippen molar-refractivity contribution in [2.45, 2.75) is 62.8 Å². The molecule has 0 atom stereocenters. The first-order valence-corrected chi connectivity index (χ1v) is 10.1. The minimum absolute atomic E-state index is 0.0177. The first-order valence-electron chi connectivity index (χ1n) is 8.57. The molecule has 1 aromatic carbocycles. The fourth-order valence-electron chi connectivity index (χ4n) is 2.92. The molecule has 3 N–H and O–H groups in total. The number of anilines is 1. The summed E-state index contributed by atoms with van der Waals surface area (Å²) in [5.74, 6) is -1.13. The van der Waals surface area contributed by atoms with Gasteiger partial charge in [0.2, 0.25) is 10.0 Å².